The van der Waals surface area contributed by atoms with Gasteiger partial charge in [0.25, 0.3) is 0 Å². The molecule has 0 radical (unpaired) electrons. The predicted octanol–water partition coefficient (Wildman–Crippen LogP) is 4.68. The quantitative estimate of drug-likeness (QED) is 0.846. The molecule has 84 valence electrons. The average molecular weight is 336 g/mol. The molecule has 1 N–H and O–H groups in total. The first kappa shape index (κ1) is 13.2. The van der Waals surface area contributed by atoms with Crippen LogP contribution >= 0.6 is 31.9 Å². The Bertz CT molecular complexity index is 325. The first-order chi connectivity index (χ1) is 7.04. The zero-order valence-corrected chi connectivity index (χ0v) is 12.2. The average Bonchev–Trinajstić information content (AvgIpc) is 2.21. The summed E-state index contributed by atoms with van der Waals surface area (Å²) in [7, 11) is 0. The molecule has 3 heteroatoms. The molecule has 1 aromatic carbocycles. The highest BCUT2D eigenvalue weighted by atomic mass is 79.9. The molecule has 0 saturated carbocycles. The standard InChI is InChI=1S/C12H16Br2O/c1-3-8(2)6-12(15)9-4-5-10(13)11(14)7-9/h4-5,7-8,12,15H,3,6H2,1-2H3. The second-order valence-corrected chi connectivity index (χ2v) is 5.65. The number of rotatable bonds is 4. The summed E-state index contributed by atoms with van der Waals surface area (Å²) in [6.45, 7) is 4.31. The number of hydrogen-bond donors (Lipinski definition) is 1. The summed E-state index contributed by atoms with van der Waals surface area (Å²) >= 11 is 6.85. The summed E-state index contributed by atoms with van der Waals surface area (Å²) in [6, 6.07) is 5.89. The minimum absolute atomic E-state index is 0.357. The van der Waals surface area contributed by atoms with Gasteiger partial charge < -0.3 is 5.11 Å². The molecule has 2 atom stereocenters. The first-order valence-corrected chi connectivity index (χ1v) is 6.76. The van der Waals surface area contributed by atoms with E-state index >= 15 is 0 Å². The highest BCUT2D eigenvalue weighted by molar-refractivity contribution is 9.13. The first-order valence-electron chi connectivity index (χ1n) is 5.17. The molecule has 15 heavy (non-hydrogen) atoms. The van der Waals surface area contributed by atoms with Gasteiger partial charge in [-0.3, -0.25) is 0 Å². The predicted molar refractivity (Wildman–Crippen MR) is 70.9 cm³/mol. The van der Waals surface area contributed by atoms with Crippen LogP contribution in [0.4, 0.5) is 0 Å². The molecule has 0 spiro atoms. The molecule has 0 aromatic heterocycles. The third-order valence-corrected chi connectivity index (χ3v) is 4.53. The maximum atomic E-state index is 10.0. The zero-order chi connectivity index (χ0) is 11.4. The number of halogens is 2. The van der Waals surface area contributed by atoms with Crippen LogP contribution in [-0.4, -0.2) is 5.11 Å². The molecule has 0 saturated heterocycles. The van der Waals surface area contributed by atoms with Gasteiger partial charge in [-0.1, -0.05) is 26.3 Å². The number of benzene rings is 1. The van der Waals surface area contributed by atoms with Crippen LogP contribution in [0, 0.1) is 5.92 Å². The number of hydrogen-bond acceptors (Lipinski definition) is 1. The summed E-state index contributed by atoms with van der Waals surface area (Å²) in [5.41, 5.74) is 0.977. The van der Waals surface area contributed by atoms with Crippen LogP contribution in [0.15, 0.2) is 27.1 Å². The number of aliphatic hydroxyl groups is 1. The van der Waals surface area contributed by atoms with Crippen molar-refractivity contribution in [2.24, 2.45) is 5.92 Å². The normalized spacial score (nSPS) is 15.0. The zero-order valence-electron chi connectivity index (χ0n) is 9.00. The van der Waals surface area contributed by atoms with Crippen LogP contribution in [0.1, 0.15) is 38.4 Å². The van der Waals surface area contributed by atoms with E-state index < -0.39 is 0 Å². The third kappa shape index (κ3) is 3.89. The molecule has 2 unspecified atom stereocenters. The fraction of sp³-hybridized carbons (Fsp3) is 0.500. The second kappa shape index (κ2) is 6.02. The molecule has 0 fully saturated rings. The third-order valence-electron chi connectivity index (χ3n) is 2.65. The molecule has 0 bridgehead atoms. The lowest BCUT2D eigenvalue weighted by Gasteiger charge is -2.15. The lowest BCUT2D eigenvalue weighted by atomic mass is 9.96. The molecule has 1 nitrogen and oxygen atoms in total. The van der Waals surface area contributed by atoms with Gasteiger partial charge >= 0.3 is 0 Å². The van der Waals surface area contributed by atoms with Crippen molar-refractivity contribution in [3.8, 4) is 0 Å². The van der Waals surface area contributed by atoms with Crippen molar-refractivity contribution in [3.63, 3.8) is 0 Å². The van der Waals surface area contributed by atoms with E-state index in [-0.39, 0.29) is 6.10 Å². The van der Waals surface area contributed by atoms with E-state index in [0.717, 1.165) is 27.4 Å². The van der Waals surface area contributed by atoms with Gasteiger partial charge in [-0.15, -0.1) is 0 Å². The summed E-state index contributed by atoms with van der Waals surface area (Å²) in [5, 5.41) is 10.0. The van der Waals surface area contributed by atoms with Gasteiger partial charge in [0.15, 0.2) is 0 Å². The van der Waals surface area contributed by atoms with E-state index in [1.165, 1.54) is 0 Å². The Balaban J connectivity index is 2.73. The molecule has 0 heterocycles. The van der Waals surface area contributed by atoms with Gasteiger partial charge in [0.1, 0.15) is 0 Å². The highest BCUT2D eigenvalue weighted by Gasteiger charge is 2.12. The van der Waals surface area contributed by atoms with Crippen molar-refractivity contribution in [1.82, 2.24) is 0 Å². The summed E-state index contributed by atoms with van der Waals surface area (Å²) in [4.78, 5) is 0. The molecule has 1 aromatic rings. The topological polar surface area (TPSA) is 20.2 Å². The Morgan fingerprint density at radius 3 is 2.47 bits per heavy atom. The Morgan fingerprint density at radius 1 is 1.27 bits per heavy atom. The minimum Gasteiger partial charge on any atom is -0.388 e. The van der Waals surface area contributed by atoms with Crippen LogP contribution in [0.3, 0.4) is 0 Å². The monoisotopic (exact) mass is 334 g/mol. The summed E-state index contributed by atoms with van der Waals surface area (Å²) in [6.07, 6.45) is 1.57. The molecular weight excluding hydrogens is 320 g/mol. The van der Waals surface area contributed by atoms with Crippen molar-refractivity contribution in [2.75, 3.05) is 0 Å². The van der Waals surface area contributed by atoms with Gasteiger partial charge in [0.05, 0.1) is 6.10 Å². The molecule has 0 aliphatic heterocycles. The molecule has 0 amide bonds. The van der Waals surface area contributed by atoms with Crippen LogP contribution < -0.4 is 0 Å². The Morgan fingerprint density at radius 2 is 1.93 bits per heavy atom. The Kier molecular flexibility index (Phi) is 5.30. The lowest BCUT2D eigenvalue weighted by molar-refractivity contribution is 0.146. The van der Waals surface area contributed by atoms with Crippen molar-refractivity contribution in [3.05, 3.63) is 32.7 Å². The lowest BCUT2D eigenvalue weighted by Crippen LogP contribution is -2.03. The summed E-state index contributed by atoms with van der Waals surface area (Å²) < 4.78 is 2.00. The van der Waals surface area contributed by atoms with Crippen LogP contribution in [0.2, 0.25) is 0 Å². The second-order valence-electron chi connectivity index (χ2n) is 3.94. The van der Waals surface area contributed by atoms with E-state index in [2.05, 4.69) is 45.7 Å². The van der Waals surface area contributed by atoms with E-state index in [1.807, 2.05) is 18.2 Å². The molecule has 0 aliphatic rings. The number of aliphatic hydroxyl groups excluding tert-OH is 1. The fourth-order valence-corrected chi connectivity index (χ4v) is 2.05. The Labute approximate surface area is 108 Å². The van der Waals surface area contributed by atoms with Gasteiger partial charge in [-0.25, -0.2) is 0 Å². The largest absolute Gasteiger partial charge is 0.388 e. The van der Waals surface area contributed by atoms with Crippen molar-refractivity contribution in [1.29, 1.82) is 0 Å². The molecule has 0 aliphatic carbocycles. The minimum atomic E-state index is -0.357. The van der Waals surface area contributed by atoms with Crippen molar-refractivity contribution < 1.29 is 5.11 Å². The van der Waals surface area contributed by atoms with Crippen molar-refractivity contribution >= 4 is 31.9 Å². The van der Waals surface area contributed by atoms with E-state index in [1.54, 1.807) is 0 Å². The molecular formula is C12H16Br2O. The Hall–Kier alpha value is 0.140. The van der Waals surface area contributed by atoms with Crippen LogP contribution in [0.25, 0.3) is 0 Å². The van der Waals surface area contributed by atoms with Gasteiger partial charge in [-0.2, -0.15) is 0 Å². The fourth-order valence-electron chi connectivity index (χ4n) is 1.40. The van der Waals surface area contributed by atoms with Gasteiger partial charge in [0.2, 0.25) is 0 Å². The van der Waals surface area contributed by atoms with Gasteiger partial charge in [-0.05, 0) is 61.9 Å². The molecule has 1 rings (SSSR count). The maximum Gasteiger partial charge on any atom is 0.0793 e. The van der Waals surface area contributed by atoms with Crippen molar-refractivity contribution in [2.45, 2.75) is 32.8 Å². The van der Waals surface area contributed by atoms with Crippen LogP contribution in [0.5, 0.6) is 0 Å². The van der Waals surface area contributed by atoms with E-state index in [4.69, 9.17) is 0 Å². The van der Waals surface area contributed by atoms with Crippen LogP contribution in [-0.2, 0) is 0 Å². The SMILES string of the molecule is CCC(C)CC(O)c1ccc(Br)c(Br)c1. The smallest absolute Gasteiger partial charge is 0.0793 e. The maximum absolute atomic E-state index is 10.0. The van der Waals surface area contributed by atoms with E-state index in [9.17, 15) is 5.11 Å². The summed E-state index contributed by atoms with van der Waals surface area (Å²) in [5.74, 6) is 0.558. The van der Waals surface area contributed by atoms with E-state index in [0.29, 0.717) is 5.92 Å². The highest BCUT2D eigenvalue weighted by Crippen LogP contribution is 2.29. The van der Waals surface area contributed by atoms with Gasteiger partial charge in [0, 0.05) is 8.95 Å².